The summed E-state index contributed by atoms with van der Waals surface area (Å²) >= 11 is 0. The molecule has 0 heterocycles. The van der Waals surface area contributed by atoms with Gasteiger partial charge in [-0.3, -0.25) is 0 Å². The summed E-state index contributed by atoms with van der Waals surface area (Å²) in [5, 5.41) is 0. The van der Waals surface area contributed by atoms with Crippen molar-refractivity contribution in [1.29, 1.82) is 0 Å². The second-order valence-electron chi connectivity index (χ2n) is 3.63. The van der Waals surface area contributed by atoms with E-state index in [0.29, 0.717) is 5.57 Å². The first-order chi connectivity index (χ1) is 6.73. The van der Waals surface area contributed by atoms with Gasteiger partial charge in [-0.2, -0.15) is 9.35 Å². The predicted octanol–water partition coefficient (Wildman–Crippen LogP) is 1.44. The monoisotopic (exact) mass is 236 g/mol. The molecule has 15 heavy (non-hydrogen) atoms. The van der Waals surface area contributed by atoms with Crippen molar-refractivity contribution in [3.63, 3.8) is 0 Å². The number of esters is 1. The fourth-order valence-corrected chi connectivity index (χ4v) is 2.39. The summed E-state index contributed by atoms with van der Waals surface area (Å²) in [5.41, 5.74) is 0.296. The van der Waals surface area contributed by atoms with E-state index in [1.54, 1.807) is 13.8 Å². The maximum atomic E-state index is 12.0. The molecule has 0 aliphatic carbocycles. The zero-order valence-corrected chi connectivity index (χ0v) is 10.4. The van der Waals surface area contributed by atoms with Crippen LogP contribution in [0.15, 0.2) is 12.2 Å². The Morgan fingerprint density at radius 3 is 2.20 bits per heavy atom. The Kier molecular flexibility index (Phi) is 4.67. The lowest BCUT2D eigenvalue weighted by atomic mass is 10.4. The molecule has 4 nitrogen and oxygen atoms in total. The van der Waals surface area contributed by atoms with Gasteiger partial charge in [-0.25, -0.2) is 9.00 Å². The summed E-state index contributed by atoms with van der Waals surface area (Å²) in [6, 6.07) is 0. The summed E-state index contributed by atoms with van der Waals surface area (Å²) in [4.78, 5) is 11.0. The van der Waals surface area contributed by atoms with Crippen molar-refractivity contribution in [1.82, 2.24) is 0 Å². The first-order valence-electron chi connectivity index (χ1n) is 4.93. The van der Waals surface area contributed by atoms with Crippen molar-refractivity contribution in [2.75, 3.05) is 23.9 Å². The first-order valence-corrected chi connectivity index (χ1v) is 7.36. The van der Waals surface area contributed by atoms with Gasteiger partial charge in [-0.05, 0) is 20.8 Å². The molecule has 90 valence electrons. The molecule has 0 aliphatic rings. The lowest BCUT2D eigenvalue weighted by Gasteiger charge is -2.40. The van der Waals surface area contributed by atoms with Gasteiger partial charge < -0.3 is 9.29 Å². The molecule has 0 aromatic heterocycles. The van der Waals surface area contributed by atoms with Gasteiger partial charge in [0.1, 0.15) is 6.61 Å². The molecule has 0 radical (unpaired) electrons. The summed E-state index contributed by atoms with van der Waals surface area (Å²) in [6.07, 6.45) is 0. The van der Waals surface area contributed by atoms with Crippen molar-refractivity contribution in [3.05, 3.63) is 12.2 Å². The lowest BCUT2D eigenvalue weighted by molar-refractivity contribution is -0.138. The molecule has 0 rings (SSSR count). The SMILES string of the molecule is C=C(C)C(=O)OCCS(=O)(O)(CC)CC. The number of rotatable bonds is 6. The van der Waals surface area contributed by atoms with Gasteiger partial charge in [0.2, 0.25) is 0 Å². The zero-order valence-electron chi connectivity index (χ0n) is 9.62. The van der Waals surface area contributed by atoms with E-state index in [1.165, 1.54) is 6.92 Å². The van der Waals surface area contributed by atoms with Gasteiger partial charge in [-0.1, -0.05) is 6.58 Å². The van der Waals surface area contributed by atoms with Crippen LogP contribution in [0.4, 0.5) is 0 Å². The molecule has 5 heteroatoms. The van der Waals surface area contributed by atoms with E-state index in [9.17, 15) is 13.6 Å². The highest BCUT2D eigenvalue weighted by Gasteiger charge is 2.23. The van der Waals surface area contributed by atoms with Crippen molar-refractivity contribution in [3.8, 4) is 0 Å². The summed E-state index contributed by atoms with van der Waals surface area (Å²) < 4.78 is 26.7. The smallest absolute Gasteiger partial charge is 0.333 e. The van der Waals surface area contributed by atoms with Gasteiger partial charge in [0, 0.05) is 17.1 Å². The summed E-state index contributed by atoms with van der Waals surface area (Å²) in [5.74, 6) is -0.128. The van der Waals surface area contributed by atoms with E-state index in [4.69, 9.17) is 4.74 Å². The molecule has 0 unspecified atom stereocenters. The quantitative estimate of drug-likeness (QED) is 0.560. The maximum Gasteiger partial charge on any atom is 0.333 e. The first kappa shape index (κ1) is 14.3. The maximum absolute atomic E-state index is 12.0. The zero-order chi connectivity index (χ0) is 12.1. The molecule has 0 saturated heterocycles. The number of hydrogen-bond acceptors (Lipinski definition) is 3. The molecular formula is C10H20O4S. The minimum absolute atomic E-state index is 0.00319. The van der Waals surface area contributed by atoms with Crippen LogP contribution in [-0.4, -0.2) is 38.6 Å². The molecule has 0 aliphatic heterocycles. The summed E-state index contributed by atoms with van der Waals surface area (Å²) in [7, 11) is -3.57. The Morgan fingerprint density at radius 1 is 1.40 bits per heavy atom. The number of carbonyl (C=O) groups is 1. The predicted molar refractivity (Wildman–Crippen MR) is 62.5 cm³/mol. The molecule has 0 saturated carbocycles. The molecule has 0 aromatic carbocycles. The highest BCUT2D eigenvalue weighted by atomic mass is 32.3. The van der Waals surface area contributed by atoms with Gasteiger partial charge in [0.25, 0.3) is 0 Å². The van der Waals surface area contributed by atoms with E-state index < -0.39 is 15.3 Å². The van der Waals surface area contributed by atoms with Crippen LogP contribution in [-0.2, 0) is 18.9 Å². The molecular weight excluding hydrogens is 216 g/mol. The molecule has 0 bridgehead atoms. The Labute approximate surface area is 90.9 Å². The average molecular weight is 236 g/mol. The highest BCUT2D eigenvalue weighted by Crippen LogP contribution is 2.20. The molecule has 0 amide bonds. The van der Waals surface area contributed by atoms with Crippen molar-refractivity contribution in [2.45, 2.75) is 20.8 Å². The van der Waals surface area contributed by atoms with Crippen molar-refractivity contribution in [2.24, 2.45) is 0 Å². The minimum atomic E-state index is -3.57. The molecule has 0 fully saturated rings. The standard InChI is InChI=1S/C10H20O4S/c1-5-15(12,13,6-2)8-7-14-10(11)9(3)4/h3,5-8H2,1-2,4H3,(H,12,13). The Bertz CT molecular complexity index is 311. The number of hydrogen-bond donors (Lipinski definition) is 1. The van der Waals surface area contributed by atoms with Crippen LogP contribution < -0.4 is 0 Å². The van der Waals surface area contributed by atoms with Crippen LogP contribution in [0.3, 0.4) is 0 Å². The van der Waals surface area contributed by atoms with Crippen molar-refractivity contribution < 1.29 is 18.3 Å². The van der Waals surface area contributed by atoms with Crippen LogP contribution in [0.25, 0.3) is 0 Å². The Morgan fingerprint density at radius 2 is 1.87 bits per heavy atom. The number of carbonyl (C=O) groups excluding carboxylic acids is 1. The van der Waals surface area contributed by atoms with E-state index in [2.05, 4.69) is 6.58 Å². The molecule has 0 spiro atoms. The largest absolute Gasteiger partial charge is 0.461 e. The third-order valence-electron chi connectivity index (χ3n) is 2.44. The van der Waals surface area contributed by atoms with Crippen molar-refractivity contribution >= 4 is 15.3 Å². The van der Waals surface area contributed by atoms with Crippen LogP contribution in [0, 0.1) is 0 Å². The van der Waals surface area contributed by atoms with Gasteiger partial charge in [0.05, 0.1) is 5.75 Å². The van der Waals surface area contributed by atoms with E-state index in [1.807, 2.05) is 0 Å². The second-order valence-corrected chi connectivity index (χ2v) is 8.04. The van der Waals surface area contributed by atoms with Gasteiger partial charge in [0.15, 0.2) is 0 Å². The number of ether oxygens (including phenoxy) is 1. The topological polar surface area (TPSA) is 63.6 Å². The highest BCUT2D eigenvalue weighted by molar-refractivity contribution is 8.15. The second kappa shape index (κ2) is 4.90. The Balaban J connectivity index is 4.22. The molecule has 0 atom stereocenters. The Hall–Kier alpha value is -0.680. The van der Waals surface area contributed by atoms with Crippen LogP contribution in [0.5, 0.6) is 0 Å². The third-order valence-corrected chi connectivity index (χ3v) is 6.15. The van der Waals surface area contributed by atoms with E-state index in [0.717, 1.165) is 0 Å². The van der Waals surface area contributed by atoms with Gasteiger partial charge in [-0.15, -0.1) is 0 Å². The van der Waals surface area contributed by atoms with Crippen LogP contribution >= 0.6 is 0 Å². The summed E-state index contributed by atoms with van der Waals surface area (Å²) in [6.45, 7) is 8.26. The molecule has 1 N–H and O–H groups in total. The minimum Gasteiger partial charge on any atom is -0.461 e. The molecule has 0 aromatic rings. The fourth-order valence-electron chi connectivity index (χ4n) is 0.940. The van der Waals surface area contributed by atoms with Crippen LogP contribution in [0.2, 0.25) is 0 Å². The van der Waals surface area contributed by atoms with E-state index in [-0.39, 0.29) is 23.9 Å². The van der Waals surface area contributed by atoms with Crippen LogP contribution in [0.1, 0.15) is 20.8 Å². The van der Waals surface area contributed by atoms with E-state index >= 15 is 0 Å². The fraction of sp³-hybridized carbons (Fsp3) is 0.700. The van der Waals surface area contributed by atoms with Gasteiger partial charge >= 0.3 is 5.97 Å². The normalized spacial score (nSPS) is 14.0. The lowest BCUT2D eigenvalue weighted by Crippen LogP contribution is -2.42. The average Bonchev–Trinajstić information content (AvgIpc) is 2.18. The third kappa shape index (κ3) is 4.57.